The molecule has 0 spiro atoms. The average molecular weight is 334 g/mol. The lowest BCUT2D eigenvalue weighted by Crippen LogP contribution is -2.13. The fourth-order valence-corrected chi connectivity index (χ4v) is 2.67. The number of methoxy groups -OCH3 is 1. The lowest BCUT2D eigenvalue weighted by atomic mass is 10.0. The first-order valence-electron chi connectivity index (χ1n) is 8.44. The summed E-state index contributed by atoms with van der Waals surface area (Å²) in [5, 5.41) is 9.32. The Bertz CT molecular complexity index is 663. The van der Waals surface area contributed by atoms with E-state index < -0.39 is 0 Å². The third kappa shape index (κ3) is 6.00. The molecule has 0 aromatic carbocycles. The molecule has 1 aromatic heterocycles. The standard InChI is InChI=1S/C20H30O4/c1-13(8-7-9-14(2)12-15(3)21)10-11-18-16(4)19(22)17(5)20(23-6)24-18/h10,12,15,21H,7-9,11H2,1-6H3. The van der Waals surface area contributed by atoms with E-state index in [-0.39, 0.29) is 11.5 Å². The van der Waals surface area contributed by atoms with E-state index in [1.165, 1.54) is 18.3 Å². The molecular weight excluding hydrogens is 304 g/mol. The molecule has 0 aliphatic heterocycles. The van der Waals surface area contributed by atoms with Gasteiger partial charge in [0.15, 0.2) is 5.43 Å². The summed E-state index contributed by atoms with van der Waals surface area (Å²) in [5.74, 6) is 0.956. The Labute approximate surface area is 144 Å². The van der Waals surface area contributed by atoms with Crippen LogP contribution in [0.5, 0.6) is 5.95 Å². The largest absolute Gasteiger partial charge is 0.468 e. The lowest BCUT2D eigenvalue weighted by Gasteiger charge is -2.08. The summed E-state index contributed by atoms with van der Waals surface area (Å²) < 4.78 is 10.8. The Balaban J connectivity index is 2.69. The maximum Gasteiger partial charge on any atom is 0.291 e. The van der Waals surface area contributed by atoms with Gasteiger partial charge in [-0.05, 0) is 53.9 Å². The van der Waals surface area contributed by atoms with E-state index in [1.807, 2.05) is 13.0 Å². The molecule has 1 rings (SSSR count). The highest BCUT2D eigenvalue weighted by atomic mass is 16.6. The van der Waals surface area contributed by atoms with Crippen LogP contribution in [0.25, 0.3) is 0 Å². The number of aliphatic hydroxyl groups is 1. The molecule has 0 saturated carbocycles. The van der Waals surface area contributed by atoms with Crippen molar-refractivity contribution in [3.63, 3.8) is 0 Å². The van der Waals surface area contributed by atoms with Crippen LogP contribution in [0.15, 0.2) is 32.5 Å². The van der Waals surface area contributed by atoms with E-state index in [1.54, 1.807) is 20.8 Å². The van der Waals surface area contributed by atoms with Gasteiger partial charge in [-0.15, -0.1) is 0 Å². The molecular formula is C20H30O4. The fraction of sp³-hybridized carbons (Fsp3) is 0.550. The Kier molecular flexibility index (Phi) is 7.99. The quantitative estimate of drug-likeness (QED) is 0.722. The van der Waals surface area contributed by atoms with Crippen LogP contribution in [0, 0.1) is 13.8 Å². The maximum absolute atomic E-state index is 12.2. The van der Waals surface area contributed by atoms with Gasteiger partial charge in [0.2, 0.25) is 0 Å². The van der Waals surface area contributed by atoms with Crippen molar-refractivity contribution < 1.29 is 14.3 Å². The zero-order valence-corrected chi connectivity index (χ0v) is 15.7. The van der Waals surface area contributed by atoms with Crippen molar-refractivity contribution in [2.75, 3.05) is 7.11 Å². The van der Waals surface area contributed by atoms with Crippen molar-refractivity contribution in [2.24, 2.45) is 0 Å². The third-order valence-corrected chi connectivity index (χ3v) is 4.11. The minimum atomic E-state index is -0.385. The van der Waals surface area contributed by atoms with Crippen molar-refractivity contribution in [3.05, 3.63) is 50.4 Å². The Morgan fingerprint density at radius 3 is 2.42 bits per heavy atom. The van der Waals surface area contributed by atoms with Gasteiger partial charge in [0.25, 0.3) is 5.95 Å². The second kappa shape index (κ2) is 9.48. The lowest BCUT2D eigenvalue weighted by molar-refractivity contribution is 0.243. The van der Waals surface area contributed by atoms with Gasteiger partial charge in [-0.2, -0.15) is 0 Å². The van der Waals surface area contributed by atoms with Crippen LogP contribution >= 0.6 is 0 Å². The fourth-order valence-electron chi connectivity index (χ4n) is 2.67. The van der Waals surface area contributed by atoms with E-state index in [4.69, 9.17) is 9.15 Å². The molecule has 1 heterocycles. The van der Waals surface area contributed by atoms with Crippen LogP contribution in [0.3, 0.4) is 0 Å². The van der Waals surface area contributed by atoms with E-state index in [9.17, 15) is 9.90 Å². The van der Waals surface area contributed by atoms with Crippen LogP contribution in [-0.4, -0.2) is 18.3 Å². The monoisotopic (exact) mass is 334 g/mol. The number of allylic oxidation sites excluding steroid dienone is 3. The SMILES string of the molecule is COc1oc(CC=C(C)CCCC(C)=CC(C)O)c(C)c(=O)c1C. The summed E-state index contributed by atoms with van der Waals surface area (Å²) in [6, 6.07) is 0. The molecule has 1 N–H and O–H groups in total. The summed E-state index contributed by atoms with van der Waals surface area (Å²) in [5.41, 5.74) is 3.62. The highest BCUT2D eigenvalue weighted by Crippen LogP contribution is 2.20. The second-order valence-corrected chi connectivity index (χ2v) is 6.46. The predicted molar refractivity (Wildman–Crippen MR) is 97.8 cm³/mol. The van der Waals surface area contributed by atoms with Crippen molar-refractivity contribution in [3.8, 4) is 5.95 Å². The molecule has 0 saturated heterocycles. The first-order valence-corrected chi connectivity index (χ1v) is 8.44. The van der Waals surface area contributed by atoms with Crippen LogP contribution in [0.4, 0.5) is 0 Å². The molecule has 1 atom stereocenters. The van der Waals surface area contributed by atoms with E-state index in [0.29, 0.717) is 29.3 Å². The number of hydrogen-bond donors (Lipinski definition) is 1. The van der Waals surface area contributed by atoms with Crippen LogP contribution < -0.4 is 10.2 Å². The highest BCUT2D eigenvalue weighted by molar-refractivity contribution is 5.30. The Hall–Kier alpha value is -1.81. The zero-order chi connectivity index (χ0) is 18.3. The van der Waals surface area contributed by atoms with Gasteiger partial charge in [-0.1, -0.05) is 23.3 Å². The molecule has 0 bridgehead atoms. The molecule has 4 heteroatoms. The average Bonchev–Trinajstić information content (AvgIpc) is 2.51. The summed E-state index contributed by atoms with van der Waals surface area (Å²) in [6.45, 7) is 9.40. The van der Waals surface area contributed by atoms with E-state index in [0.717, 1.165) is 19.3 Å². The zero-order valence-electron chi connectivity index (χ0n) is 15.7. The summed E-state index contributed by atoms with van der Waals surface area (Å²) in [6.07, 6.45) is 7.19. The minimum Gasteiger partial charge on any atom is -0.468 e. The normalized spacial score (nSPS) is 14.0. The first-order chi connectivity index (χ1) is 11.3. The third-order valence-electron chi connectivity index (χ3n) is 4.11. The molecule has 0 aliphatic carbocycles. The van der Waals surface area contributed by atoms with Crippen molar-refractivity contribution in [2.45, 2.75) is 66.4 Å². The molecule has 134 valence electrons. The molecule has 1 unspecified atom stereocenters. The van der Waals surface area contributed by atoms with Gasteiger partial charge in [-0.25, -0.2) is 0 Å². The van der Waals surface area contributed by atoms with Gasteiger partial charge in [-0.3, -0.25) is 4.79 Å². The number of hydrogen-bond acceptors (Lipinski definition) is 4. The van der Waals surface area contributed by atoms with Crippen molar-refractivity contribution in [1.82, 2.24) is 0 Å². The molecule has 24 heavy (non-hydrogen) atoms. The smallest absolute Gasteiger partial charge is 0.291 e. The summed E-state index contributed by atoms with van der Waals surface area (Å²) >= 11 is 0. The van der Waals surface area contributed by atoms with Crippen molar-refractivity contribution >= 4 is 0 Å². The molecule has 0 fully saturated rings. The molecule has 0 aliphatic rings. The number of rotatable bonds is 8. The molecule has 0 amide bonds. The van der Waals surface area contributed by atoms with Crippen LogP contribution in [-0.2, 0) is 6.42 Å². The number of ether oxygens (including phenoxy) is 1. The topological polar surface area (TPSA) is 59.7 Å². The summed E-state index contributed by atoms with van der Waals surface area (Å²) in [4.78, 5) is 12.2. The van der Waals surface area contributed by atoms with E-state index >= 15 is 0 Å². The number of aliphatic hydroxyl groups excluding tert-OH is 1. The molecule has 1 aromatic rings. The van der Waals surface area contributed by atoms with Gasteiger partial charge in [0, 0.05) is 12.0 Å². The van der Waals surface area contributed by atoms with Gasteiger partial charge < -0.3 is 14.3 Å². The first kappa shape index (κ1) is 20.2. The van der Waals surface area contributed by atoms with Gasteiger partial charge in [0.1, 0.15) is 5.76 Å². The summed E-state index contributed by atoms with van der Waals surface area (Å²) in [7, 11) is 1.51. The Morgan fingerprint density at radius 2 is 1.83 bits per heavy atom. The highest BCUT2D eigenvalue weighted by Gasteiger charge is 2.13. The van der Waals surface area contributed by atoms with Crippen LogP contribution in [0.1, 0.15) is 56.9 Å². The molecule has 0 radical (unpaired) electrons. The predicted octanol–water partition coefficient (Wildman–Crippen LogP) is 4.25. The van der Waals surface area contributed by atoms with Gasteiger partial charge in [0.05, 0.1) is 18.8 Å². The minimum absolute atomic E-state index is 0.0157. The van der Waals surface area contributed by atoms with E-state index in [2.05, 4.69) is 13.0 Å². The molecule has 4 nitrogen and oxygen atoms in total. The maximum atomic E-state index is 12.2. The van der Waals surface area contributed by atoms with Gasteiger partial charge >= 0.3 is 0 Å². The Morgan fingerprint density at radius 1 is 1.21 bits per heavy atom. The van der Waals surface area contributed by atoms with Crippen LogP contribution in [0.2, 0.25) is 0 Å². The van der Waals surface area contributed by atoms with Crippen molar-refractivity contribution in [1.29, 1.82) is 0 Å². The second-order valence-electron chi connectivity index (χ2n) is 6.46.